The first-order valence-electron chi connectivity index (χ1n) is 2.11. The van der Waals surface area contributed by atoms with E-state index in [9.17, 15) is 0 Å². The Kier molecular flexibility index (Phi) is 37.0. The maximum absolute atomic E-state index is 8.56. The van der Waals surface area contributed by atoms with E-state index in [2.05, 4.69) is 0 Å². The van der Waals surface area contributed by atoms with E-state index in [0.29, 0.717) is 0 Å². The monoisotopic (exact) mass is 444 g/mol. The van der Waals surface area contributed by atoms with E-state index >= 15 is 0 Å². The summed E-state index contributed by atoms with van der Waals surface area (Å²) in [5, 5.41) is 13.9. The van der Waals surface area contributed by atoms with E-state index in [-0.39, 0.29) is 58.4 Å². The van der Waals surface area contributed by atoms with E-state index < -0.39 is 21.8 Å². The molecule has 17 heavy (non-hydrogen) atoms. The Balaban J connectivity index is -0.0000000247. The van der Waals surface area contributed by atoms with Crippen LogP contribution in [0.25, 0.3) is 0 Å². The van der Waals surface area contributed by atoms with Gasteiger partial charge < -0.3 is 48.7 Å². The molecule has 2 N–H and O–H groups in total. The summed E-state index contributed by atoms with van der Waals surface area (Å²) in [6.07, 6.45) is -1.83. The van der Waals surface area contributed by atoms with E-state index in [4.69, 9.17) is 53.5 Å². The van der Waals surface area contributed by atoms with Gasteiger partial charge in [0.25, 0.3) is 0 Å². The minimum absolute atomic E-state index is 0. The van der Waals surface area contributed by atoms with Gasteiger partial charge in [-0.2, -0.15) is 15.6 Å². The van der Waals surface area contributed by atoms with Gasteiger partial charge in [-0.1, -0.05) is 0 Å². The maximum atomic E-state index is 8.56. The summed E-state index contributed by atoms with van der Waals surface area (Å²) in [6, 6.07) is 0. The zero-order chi connectivity index (χ0) is 12.6. The van der Waals surface area contributed by atoms with Crippen molar-refractivity contribution < 1.29 is 112 Å². The fourth-order valence-corrected chi connectivity index (χ4v) is 0. The number of carbonyl (C=O) groups is 1. The molecule has 0 saturated carbocycles. The van der Waals surface area contributed by atoms with Crippen molar-refractivity contribution >= 4 is 21.8 Å². The molecule has 0 fully saturated rings. The number of hydrogen-bond donors (Lipinski definition) is 2. The van der Waals surface area contributed by atoms with Gasteiger partial charge >= 0.3 is 64.6 Å². The Morgan fingerprint density at radius 2 is 0.706 bits per heavy atom. The molecule has 0 spiro atoms. The van der Waals surface area contributed by atoms with Gasteiger partial charge in [-0.05, 0) is 0 Å². The van der Waals surface area contributed by atoms with Gasteiger partial charge in [0, 0.05) is 0 Å². The fourth-order valence-electron chi connectivity index (χ4n) is 0. The molecule has 0 heterocycles. The minimum atomic E-state index is -5.39. The summed E-state index contributed by atoms with van der Waals surface area (Å²) in [4.78, 5) is 59.8. The van der Waals surface area contributed by atoms with E-state index in [1.807, 2.05) is 0 Å². The molecule has 0 aliphatic rings. The van der Waals surface area contributed by atoms with E-state index in [1.54, 1.807) is 0 Å². The summed E-state index contributed by atoms with van der Waals surface area (Å²) in [5.74, 6) is 0. The van der Waals surface area contributed by atoms with Crippen molar-refractivity contribution in [2.45, 2.75) is 0 Å². The third kappa shape index (κ3) is 2210. The van der Waals surface area contributed by atoms with Crippen LogP contribution in [0.3, 0.4) is 0 Å². The van der Waals surface area contributed by atoms with Crippen LogP contribution in [0.5, 0.6) is 0 Å². The quantitative estimate of drug-likeness (QED) is 0.262. The zero-order valence-corrected chi connectivity index (χ0v) is 18.8. The topological polar surface area (TPSA) is 230 Å². The largest absolute Gasteiger partial charge is 2.00 e. The second-order valence-corrected chi connectivity index (χ2v) is 2.97. The molecule has 0 aliphatic heterocycles. The van der Waals surface area contributed by atoms with Crippen molar-refractivity contribution in [3.05, 3.63) is 0 Å². The van der Waals surface area contributed by atoms with Crippen molar-refractivity contribution in [1.29, 1.82) is 0 Å². The Morgan fingerprint density at radius 1 is 0.706 bits per heavy atom. The summed E-state index contributed by atoms with van der Waals surface area (Å²) >= 11 is 0. The number of phosphoric acid groups is 2. The SMILES string of the molecule is O=C(O)O.O=P([O-])([O-])[O-].O=P([O-])([O-])[O-].[Zn+2].[Zn+2].[Zn+2]. The summed E-state index contributed by atoms with van der Waals surface area (Å²) in [5.41, 5.74) is 0. The van der Waals surface area contributed by atoms with Crippen LogP contribution in [0, 0.1) is 0 Å². The number of carboxylic acid groups (broad SMARTS) is 2. The van der Waals surface area contributed by atoms with Crippen LogP contribution < -0.4 is 29.4 Å². The zero-order valence-electron chi connectivity index (χ0n) is 8.08. The Labute approximate surface area is 133 Å². The molecule has 0 rings (SSSR count). The van der Waals surface area contributed by atoms with Gasteiger partial charge in [0.05, 0.1) is 0 Å². The molecule has 0 unspecified atom stereocenters. The molecule has 88 valence electrons. The van der Waals surface area contributed by atoms with Gasteiger partial charge in [-0.3, -0.25) is 0 Å². The smallest absolute Gasteiger partial charge is 0.822 e. The molecule has 16 heteroatoms. The summed E-state index contributed by atoms with van der Waals surface area (Å²) in [6.45, 7) is 0. The fraction of sp³-hybridized carbons (Fsp3) is 0. The van der Waals surface area contributed by atoms with Crippen LogP contribution in [0.2, 0.25) is 0 Å². The van der Waals surface area contributed by atoms with Crippen LogP contribution in [-0.2, 0) is 67.6 Å². The third-order valence-corrected chi connectivity index (χ3v) is 0. The molecule has 0 radical (unpaired) electrons. The average Bonchev–Trinajstić information content (AvgIpc) is 1.45. The maximum Gasteiger partial charge on any atom is 2.00 e. The molecule has 0 atom stereocenters. The van der Waals surface area contributed by atoms with Crippen LogP contribution >= 0.6 is 15.6 Å². The predicted molar refractivity (Wildman–Crippen MR) is 25.9 cm³/mol. The first-order chi connectivity index (χ1) is 5.73. The van der Waals surface area contributed by atoms with Gasteiger partial charge in [0.2, 0.25) is 0 Å². The molecular formula is CH2O11P2Zn3. The van der Waals surface area contributed by atoms with Gasteiger partial charge in [-0.25, -0.2) is 4.79 Å². The van der Waals surface area contributed by atoms with Crippen LogP contribution in [-0.4, -0.2) is 16.4 Å². The van der Waals surface area contributed by atoms with Crippen molar-refractivity contribution in [2.75, 3.05) is 0 Å². The first kappa shape index (κ1) is 36.2. The van der Waals surface area contributed by atoms with Gasteiger partial charge in [0.15, 0.2) is 0 Å². The minimum Gasteiger partial charge on any atom is -0.822 e. The normalized spacial score (nSPS) is 8.35. The van der Waals surface area contributed by atoms with E-state index in [0.717, 1.165) is 0 Å². The molecule has 0 aromatic heterocycles. The van der Waals surface area contributed by atoms with Gasteiger partial charge in [0.1, 0.15) is 0 Å². The summed E-state index contributed by atoms with van der Waals surface area (Å²) in [7, 11) is -10.8. The Hall–Kier alpha value is 1.36. The number of hydrogen-bond acceptors (Lipinski definition) is 9. The second-order valence-electron chi connectivity index (χ2n) is 1.18. The molecule has 0 amide bonds. The molecule has 0 aromatic rings. The second kappa shape index (κ2) is 17.4. The molecule has 0 aliphatic carbocycles. The van der Waals surface area contributed by atoms with Crippen molar-refractivity contribution in [3.63, 3.8) is 0 Å². The van der Waals surface area contributed by atoms with Gasteiger partial charge in [-0.15, -0.1) is 0 Å². The average molecular weight is 448 g/mol. The Bertz CT molecular complexity index is 201. The van der Waals surface area contributed by atoms with Crippen molar-refractivity contribution in [2.24, 2.45) is 0 Å². The van der Waals surface area contributed by atoms with Crippen LogP contribution in [0.1, 0.15) is 0 Å². The standard InChI is InChI=1S/CH2O3.2H3O4P.3Zn/c2-1(3)4;2*1-5(2,3)4;;;/h(H2,2,3,4);2*(H3,1,2,3,4);;;/q;;;3*+2/p-6. The molecule has 0 saturated heterocycles. The van der Waals surface area contributed by atoms with E-state index in [1.165, 1.54) is 0 Å². The Morgan fingerprint density at radius 3 is 0.706 bits per heavy atom. The van der Waals surface area contributed by atoms with Crippen LogP contribution in [0.4, 0.5) is 4.79 Å². The first-order valence-corrected chi connectivity index (χ1v) is 5.03. The summed E-state index contributed by atoms with van der Waals surface area (Å²) < 4.78 is 17.1. The van der Waals surface area contributed by atoms with Crippen molar-refractivity contribution in [3.8, 4) is 0 Å². The molecule has 0 aromatic carbocycles. The van der Waals surface area contributed by atoms with Crippen LogP contribution in [0.15, 0.2) is 0 Å². The molecule has 0 bridgehead atoms. The number of rotatable bonds is 0. The van der Waals surface area contributed by atoms with Crippen molar-refractivity contribution in [1.82, 2.24) is 0 Å². The predicted octanol–water partition coefficient (Wildman–Crippen LogP) is -5.43. The third-order valence-electron chi connectivity index (χ3n) is 0. The molecule has 11 nitrogen and oxygen atoms in total. The molecular weight excluding hydrogens is 446 g/mol.